The van der Waals surface area contributed by atoms with Gasteiger partial charge >= 0.3 is 0 Å². The van der Waals surface area contributed by atoms with E-state index in [-0.39, 0.29) is 0 Å². The van der Waals surface area contributed by atoms with Crippen molar-refractivity contribution in [1.29, 1.82) is 0 Å². The molecule has 0 aliphatic heterocycles. The highest BCUT2D eigenvalue weighted by atomic mass is 32.2. The molecule has 0 fully saturated rings. The average Bonchev–Trinajstić information content (AvgIpc) is 2.40. The Morgan fingerprint density at radius 1 is 1.00 bits per heavy atom. The average molecular weight is 245 g/mol. The summed E-state index contributed by atoms with van der Waals surface area (Å²) in [4.78, 5) is 2.42. The SMILES string of the molecule is CNc1ccccc1Sc1ccc(OC)cc1. The molecular weight excluding hydrogens is 230 g/mol. The molecule has 3 heteroatoms. The largest absolute Gasteiger partial charge is 0.497 e. The maximum Gasteiger partial charge on any atom is 0.118 e. The summed E-state index contributed by atoms with van der Waals surface area (Å²) in [6, 6.07) is 16.4. The number of anilines is 1. The van der Waals surface area contributed by atoms with Crippen LogP contribution in [0.3, 0.4) is 0 Å². The van der Waals surface area contributed by atoms with Crippen molar-refractivity contribution < 1.29 is 4.74 Å². The molecule has 1 N–H and O–H groups in total. The van der Waals surface area contributed by atoms with Crippen LogP contribution in [0, 0.1) is 0 Å². The Morgan fingerprint density at radius 2 is 1.71 bits per heavy atom. The van der Waals surface area contributed by atoms with Crippen molar-refractivity contribution >= 4 is 17.4 Å². The Morgan fingerprint density at radius 3 is 2.35 bits per heavy atom. The van der Waals surface area contributed by atoms with E-state index < -0.39 is 0 Å². The second-order valence-corrected chi connectivity index (χ2v) is 4.64. The molecule has 0 saturated heterocycles. The summed E-state index contributed by atoms with van der Waals surface area (Å²) < 4.78 is 5.14. The molecule has 0 unspecified atom stereocenters. The molecule has 2 aromatic carbocycles. The van der Waals surface area contributed by atoms with E-state index >= 15 is 0 Å². The van der Waals surface area contributed by atoms with Crippen molar-refractivity contribution in [3.63, 3.8) is 0 Å². The molecule has 2 nitrogen and oxygen atoms in total. The monoisotopic (exact) mass is 245 g/mol. The van der Waals surface area contributed by atoms with E-state index in [9.17, 15) is 0 Å². The van der Waals surface area contributed by atoms with Crippen LogP contribution < -0.4 is 10.1 Å². The third-order valence-electron chi connectivity index (χ3n) is 2.44. The summed E-state index contributed by atoms with van der Waals surface area (Å²) in [7, 11) is 3.62. The molecule has 0 aromatic heterocycles. The molecule has 0 bridgehead atoms. The molecule has 88 valence electrons. The van der Waals surface area contributed by atoms with Gasteiger partial charge in [-0.2, -0.15) is 0 Å². The molecule has 17 heavy (non-hydrogen) atoms. The standard InChI is InChI=1S/C14H15NOS/c1-15-13-5-3-4-6-14(13)17-12-9-7-11(16-2)8-10-12/h3-10,15H,1-2H3. The summed E-state index contributed by atoms with van der Waals surface area (Å²) >= 11 is 1.74. The third kappa shape index (κ3) is 2.94. The maximum atomic E-state index is 5.14. The summed E-state index contributed by atoms with van der Waals surface area (Å²) in [5.74, 6) is 0.885. The van der Waals surface area contributed by atoms with Crippen molar-refractivity contribution in [2.45, 2.75) is 9.79 Å². The zero-order valence-corrected chi connectivity index (χ0v) is 10.8. The van der Waals surface area contributed by atoms with Gasteiger partial charge < -0.3 is 10.1 Å². The second kappa shape index (κ2) is 5.64. The lowest BCUT2D eigenvalue weighted by Gasteiger charge is -2.08. The van der Waals surface area contributed by atoms with E-state index in [0.29, 0.717) is 0 Å². The number of para-hydroxylation sites is 1. The molecule has 0 saturated carbocycles. The first-order valence-corrected chi connectivity index (χ1v) is 6.24. The number of benzene rings is 2. The van der Waals surface area contributed by atoms with Crippen molar-refractivity contribution in [2.75, 3.05) is 19.5 Å². The van der Waals surface area contributed by atoms with Crippen molar-refractivity contribution in [3.8, 4) is 5.75 Å². The fraction of sp³-hybridized carbons (Fsp3) is 0.143. The fourth-order valence-electron chi connectivity index (χ4n) is 1.53. The van der Waals surface area contributed by atoms with Gasteiger partial charge in [-0.05, 0) is 36.4 Å². The quantitative estimate of drug-likeness (QED) is 0.883. The number of ether oxygens (including phenoxy) is 1. The van der Waals surface area contributed by atoms with E-state index in [2.05, 4.69) is 29.6 Å². The van der Waals surface area contributed by atoms with Crippen LogP contribution in [0.4, 0.5) is 5.69 Å². The minimum atomic E-state index is 0.885. The van der Waals surface area contributed by atoms with Gasteiger partial charge in [0.2, 0.25) is 0 Å². The Hall–Kier alpha value is -1.61. The first-order valence-electron chi connectivity index (χ1n) is 5.42. The molecule has 0 atom stereocenters. The number of rotatable bonds is 4. The predicted molar refractivity (Wildman–Crippen MR) is 73.1 cm³/mol. The highest BCUT2D eigenvalue weighted by Gasteiger charge is 2.02. The zero-order valence-electron chi connectivity index (χ0n) is 9.94. The van der Waals surface area contributed by atoms with Crippen molar-refractivity contribution in [3.05, 3.63) is 48.5 Å². The van der Waals surface area contributed by atoms with Crippen LogP contribution in [0.1, 0.15) is 0 Å². The third-order valence-corrected chi connectivity index (χ3v) is 3.53. The van der Waals surface area contributed by atoms with Gasteiger partial charge in [0.05, 0.1) is 7.11 Å². The van der Waals surface area contributed by atoms with Crippen LogP contribution in [0.2, 0.25) is 0 Å². The van der Waals surface area contributed by atoms with Gasteiger partial charge in [0.25, 0.3) is 0 Å². The molecule has 0 aliphatic carbocycles. The van der Waals surface area contributed by atoms with E-state index in [1.165, 1.54) is 9.79 Å². The number of hydrogen-bond donors (Lipinski definition) is 1. The number of hydrogen-bond acceptors (Lipinski definition) is 3. The van der Waals surface area contributed by atoms with Gasteiger partial charge in [-0.15, -0.1) is 0 Å². The molecule has 0 aliphatic rings. The summed E-state index contributed by atoms with van der Waals surface area (Å²) in [6.45, 7) is 0. The minimum absolute atomic E-state index is 0.885. The Labute approximate surface area is 106 Å². The van der Waals surface area contributed by atoms with Gasteiger partial charge in [0, 0.05) is 22.5 Å². The van der Waals surface area contributed by atoms with Crippen LogP contribution in [-0.2, 0) is 0 Å². The van der Waals surface area contributed by atoms with Gasteiger partial charge in [-0.1, -0.05) is 23.9 Å². The topological polar surface area (TPSA) is 21.3 Å². The maximum absolute atomic E-state index is 5.14. The first-order chi connectivity index (χ1) is 8.33. The normalized spacial score (nSPS) is 10.0. The predicted octanol–water partition coefficient (Wildman–Crippen LogP) is 3.89. The van der Waals surface area contributed by atoms with E-state index in [4.69, 9.17) is 4.74 Å². The number of methoxy groups -OCH3 is 1. The summed E-state index contributed by atoms with van der Waals surface area (Å²) in [5.41, 5.74) is 1.15. The van der Waals surface area contributed by atoms with Crippen LogP contribution in [0.25, 0.3) is 0 Å². The molecule has 2 rings (SSSR count). The van der Waals surface area contributed by atoms with Crippen LogP contribution in [0.15, 0.2) is 58.3 Å². The minimum Gasteiger partial charge on any atom is -0.497 e. The molecular formula is C14H15NOS. The lowest BCUT2D eigenvalue weighted by molar-refractivity contribution is 0.414. The van der Waals surface area contributed by atoms with Crippen molar-refractivity contribution in [2.24, 2.45) is 0 Å². The van der Waals surface area contributed by atoms with Crippen LogP contribution >= 0.6 is 11.8 Å². The van der Waals surface area contributed by atoms with Gasteiger partial charge in [0.15, 0.2) is 0 Å². The lowest BCUT2D eigenvalue weighted by Crippen LogP contribution is -1.89. The van der Waals surface area contributed by atoms with Crippen LogP contribution in [-0.4, -0.2) is 14.2 Å². The zero-order chi connectivity index (χ0) is 12.1. The molecule has 2 aromatic rings. The summed E-state index contributed by atoms with van der Waals surface area (Å²) in [6.07, 6.45) is 0. The van der Waals surface area contributed by atoms with Gasteiger partial charge in [-0.25, -0.2) is 0 Å². The highest BCUT2D eigenvalue weighted by Crippen LogP contribution is 2.33. The molecule has 0 radical (unpaired) electrons. The van der Waals surface area contributed by atoms with E-state index in [1.807, 2.05) is 31.3 Å². The smallest absolute Gasteiger partial charge is 0.118 e. The first kappa shape index (κ1) is 11.9. The van der Waals surface area contributed by atoms with Crippen LogP contribution in [0.5, 0.6) is 5.75 Å². The van der Waals surface area contributed by atoms with Gasteiger partial charge in [-0.3, -0.25) is 0 Å². The molecule has 0 heterocycles. The Kier molecular flexibility index (Phi) is 3.94. The molecule has 0 spiro atoms. The number of nitrogens with one attached hydrogen (secondary N) is 1. The summed E-state index contributed by atoms with van der Waals surface area (Å²) in [5, 5.41) is 3.19. The Balaban J connectivity index is 2.19. The second-order valence-electron chi connectivity index (χ2n) is 3.52. The highest BCUT2D eigenvalue weighted by molar-refractivity contribution is 7.99. The Bertz CT molecular complexity index is 482. The molecule has 0 amide bonds. The fourth-order valence-corrected chi connectivity index (χ4v) is 2.49. The lowest BCUT2D eigenvalue weighted by atomic mass is 10.3. The van der Waals surface area contributed by atoms with E-state index in [0.717, 1.165) is 11.4 Å². The van der Waals surface area contributed by atoms with E-state index in [1.54, 1.807) is 18.9 Å². The van der Waals surface area contributed by atoms with Crippen molar-refractivity contribution in [1.82, 2.24) is 0 Å². The van der Waals surface area contributed by atoms with Gasteiger partial charge in [0.1, 0.15) is 5.75 Å².